The number of nitrogens with zero attached hydrogens (tertiary/aromatic N) is 1. The van der Waals surface area contributed by atoms with Crippen LogP contribution >= 0.6 is 22.6 Å². The van der Waals surface area contributed by atoms with Crippen LogP contribution in [0.5, 0.6) is 5.75 Å². The van der Waals surface area contributed by atoms with E-state index in [1.54, 1.807) is 0 Å². The fraction of sp³-hybridized carbons (Fsp3) is 0.375. The molecule has 0 bridgehead atoms. The highest BCUT2D eigenvalue weighted by molar-refractivity contribution is 14.1. The Morgan fingerprint density at radius 2 is 1.78 bits per heavy atom. The average molecular weight is 387 g/mol. The van der Waals surface area contributed by atoms with Gasteiger partial charge in [-0.15, -0.1) is 13.2 Å². The second-order valence-electron chi connectivity index (χ2n) is 2.98. The van der Waals surface area contributed by atoms with E-state index < -0.39 is 39.9 Å². The van der Waals surface area contributed by atoms with E-state index in [2.05, 4.69) is 9.72 Å². The summed E-state index contributed by atoms with van der Waals surface area (Å²) in [7, 11) is 0. The van der Waals surface area contributed by atoms with Crippen molar-refractivity contribution in [2.75, 3.05) is 0 Å². The van der Waals surface area contributed by atoms with E-state index in [9.17, 15) is 26.3 Å². The van der Waals surface area contributed by atoms with Gasteiger partial charge in [0.05, 0.1) is 15.9 Å². The van der Waals surface area contributed by atoms with Crippen molar-refractivity contribution in [3.63, 3.8) is 0 Å². The number of aliphatic hydroxyl groups excluding tert-OH is 1. The molecule has 0 spiro atoms. The second kappa shape index (κ2) is 5.07. The Hall–Kier alpha value is -0.780. The van der Waals surface area contributed by atoms with Gasteiger partial charge in [0.15, 0.2) is 11.4 Å². The topological polar surface area (TPSA) is 42.4 Å². The predicted octanol–water partition coefficient (Wildman–Crippen LogP) is 3.10. The van der Waals surface area contributed by atoms with Gasteiger partial charge in [-0.1, -0.05) is 0 Å². The summed E-state index contributed by atoms with van der Waals surface area (Å²) in [5.74, 6) is -1.42. The first-order chi connectivity index (χ1) is 8.04. The molecule has 10 heteroatoms. The molecular weight excluding hydrogens is 383 g/mol. The number of ether oxygens (including phenoxy) is 1. The van der Waals surface area contributed by atoms with Gasteiger partial charge in [0.25, 0.3) is 0 Å². The van der Waals surface area contributed by atoms with Gasteiger partial charge in [0, 0.05) is 0 Å². The zero-order valence-corrected chi connectivity index (χ0v) is 10.4. The third-order valence-electron chi connectivity index (χ3n) is 1.63. The quantitative estimate of drug-likeness (QED) is 0.627. The summed E-state index contributed by atoms with van der Waals surface area (Å²) >= 11 is 1.24. The minimum atomic E-state index is -5.26. The number of aliphatic hydroxyl groups is 1. The Morgan fingerprint density at radius 3 is 2.17 bits per heavy atom. The van der Waals surface area contributed by atoms with E-state index in [-0.39, 0.29) is 0 Å². The molecule has 1 N–H and O–H groups in total. The second-order valence-corrected chi connectivity index (χ2v) is 4.14. The highest BCUT2D eigenvalue weighted by Crippen LogP contribution is 2.39. The predicted molar refractivity (Wildman–Crippen MR) is 54.6 cm³/mol. The molecule has 0 unspecified atom stereocenters. The first-order valence-corrected chi connectivity index (χ1v) is 5.25. The van der Waals surface area contributed by atoms with E-state index in [0.29, 0.717) is 0 Å². The molecule has 0 aliphatic heterocycles. The molecule has 102 valence electrons. The molecule has 1 heterocycles. The summed E-state index contributed by atoms with van der Waals surface area (Å²) in [6.45, 7) is -0.828. The third-order valence-corrected chi connectivity index (χ3v) is 2.43. The lowest BCUT2D eigenvalue weighted by Gasteiger charge is -2.16. The summed E-state index contributed by atoms with van der Waals surface area (Å²) in [4.78, 5) is 2.90. The Balaban J connectivity index is 3.39. The number of rotatable bonds is 2. The number of aromatic nitrogens is 1. The van der Waals surface area contributed by atoms with Gasteiger partial charge in [0.2, 0.25) is 0 Å². The van der Waals surface area contributed by atoms with Crippen molar-refractivity contribution >= 4 is 22.6 Å². The number of halogens is 7. The average Bonchev–Trinajstić information content (AvgIpc) is 2.17. The van der Waals surface area contributed by atoms with Gasteiger partial charge in [-0.05, 0) is 28.7 Å². The SMILES string of the molecule is OCc1cc(I)c(OC(F)(F)F)c(C(F)(F)F)n1. The maximum atomic E-state index is 12.5. The fourth-order valence-corrected chi connectivity index (χ4v) is 1.76. The van der Waals surface area contributed by atoms with E-state index in [1.807, 2.05) is 0 Å². The first kappa shape index (κ1) is 15.3. The lowest BCUT2D eigenvalue weighted by molar-refractivity contribution is -0.276. The van der Waals surface area contributed by atoms with Crippen molar-refractivity contribution in [2.24, 2.45) is 0 Å². The molecule has 1 rings (SSSR count). The maximum Gasteiger partial charge on any atom is 0.573 e. The molecule has 0 radical (unpaired) electrons. The van der Waals surface area contributed by atoms with E-state index in [1.165, 1.54) is 22.6 Å². The molecule has 18 heavy (non-hydrogen) atoms. The van der Waals surface area contributed by atoms with Crippen molar-refractivity contribution < 1.29 is 36.2 Å². The monoisotopic (exact) mass is 387 g/mol. The number of hydrogen-bond acceptors (Lipinski definition) is 3. The zero-order valence-electron chi connectivity index (χ0n) is 8.23. The van der Waals surface area contributed by atoms with Crippen LogP contribution in [0.15, 0.2) is 6.07 Å². The van der Waals surface area contributed by atoms with Gasteiger partial charge in [-0.25, -0.2) is 4.98 Å². The Kier molecular flexibility index (Phi) is 4.30. The van der Waals surface area contributed by atoms with Gasteiger partial charge in [-0.2, -0.15) is 13.2 Å². The molecule has 3 nitrogen and oxygen atoms in total. The standard InChI is InChI=1S/C8H4F6INO2/c9-7(10,11)6-5(18-8(12,13)14)4(15)1-3(2-17)16-6/h1,17H,2H2. The molecule has 1 aromatic rings. The Bertz CT molecular complexity index is 444. The van der Waals surface area contributed by atoms with Crippen LogP contribution in [0.3, 0.4) is 0 Å². The zero-order chi connectivity index (χ0) is 14.1. The minimum Gasteiger partial charge on any atom is -0.402 e. The van der Waals surface area contributed by atoms with Crippen LogP contribution in [0.4, 0.5) is 26.3 Å². The number of alkyl halides is 6. The highest BCUT2D eigenvalue weighted by atomic mass is 127. The van der Waals surface area contributed by atoms with Crippen LogP contribution < -0.4 is 4.74 Å². The normalized spacial score (nSPS) is 12.7. The molecule has 0 aromatic carbocycles. The lowest BCUT2D eigenvalue weighted by atomic mass is 10.2. The molecule has 0 saturated carbocycles. The van der Waals surface area contributed by atoms with Crippen LogP contribution in [0.1, 0.15) is 11.4 Å². The molecule has 0 saturated heterocycles. The smallest absolute Gasteiger partial charge is 0.402 e. The lowest BCUT2D eigenvalue weighted by Crippen LogP contribution is -2.22. The molecule has 0 fully saturated rings. The fourth-order valence-electron chi connectivity index (χ4n) is 1.04. The Labute approximate surface area is 110 Å². The van der Waals surface area contributed by atoms with E-state index >= 15 is 0 Å². The van der Waals surface area contributed by atoms with Crippen molar-refractivity contribution in [1.82, 2.24) is 4.98 Å². The van der Waals surface area contributed by atoms with E-state index in [4.69, 9.17) is 5.11 Å². The van der Waals surface area contributed by atoms with Crippen LogP contribution in [-0.4, -0.2) is 16.5 Å². The third kappa shape index (κ3) is 3.86. The molecule has 1 aromatic heterocycles. The highest BCUT2D eigenvalue weighted by Gasteiger charge is 2.42. The summed E-state index contributed by atoms with van der Waals surface area (Å²) in [6, 6.07) is 0.872. The van der Waals surface area contributed by atoms with Gasteiger partial charge < -0.3 is 9.84 Å². The molecule has 0 aliphatic carbocycles. The van der Waals surface area contributed by atoms with E-state index in [0.717, 1.165) is 6.07 Å². The largest absolute Gasteiger partial charge is 0.573 e. The summed E-state index contributed by atoms with van der Waals surface area (Å²) in [5.41, 5.74) is -2.22. The van der Waals surface area contributed by atoms with Crippen molar-refractivity contribution in [3.8, 4) is 5.75 Å². The summed E-state index contributed by atoms with van der Waals surface area (Å²) < 4.78 is 76.5. The summed E-state index contributed by atoms with van der Waals surface area (Å²) in [6.07, 6.45) is -10.4. The minimum absolute atomic E-state index is 0.402. The first-order valence-electron chi connectivity index (χ1n) is 4.18. The van der Waals surface area contributed by atoms with Gasteiger partial charge >= 0.3 is 12.5 Å². The molecule has 0 amide bonds. The van der Waals surface area contributed by atoms with Crippen LogP contribution in [-0.2, 0) is 12.8 Å². The van der Waals surface area contributed by atoms with Crippen LogP contribution in [0.25, 0.3) is 0 Å². The summed E-state index contributed by atoms with van der Waals surface area (Å²) in [5, 5.41) is 8.68. The molecule has 0 aliphatic rings. The maximum absolute atomic E-state index is 12.5. The van der Waals surface area contributed by atoms with Gasteiger partial charge in [0.1, 0.15) is 0 Å². The van der Waals surface area contributed by atoms with Crippen LogP contribution in [0, 0.1) is 3.57 Å². The molecule has 0 atom stereocenters. The van der Waals surface area contributed by atoms with Crippen molar-refractivity contribution in [1.29, 1.82) is 0 Å². The van der Waals surface area contributed by atoms with Gasteiger partial charge in [-0.3, -0.25) is 0 Å². The molecular formula is C8H4F6INO2. The van der Waals surface area contributed by atoms with Crippen molar-refractivity contribution in [3.05, 3.63) is 21.0 Å². The number of hydrogen-bond donors (Lipinski definition) is 1. The number of pyridine rings is 1. The van der Waals surface area contributed by atoms with Crippen molar-refractivity contribution in [2.45, 2.75) is 19.1 Å². The Morgan fingerprint density at radius 1 is 1.22 bits per heavy atom. The van der Waals surface area contributed by atoms with Crippen LogP contribution in [0.2, 0.25) is 0 Å².